The molecule has 0 bridgehead atoms. The molecule has 1 atom stereocenters. The average molecular weight is 976 g/mol. The van der Waals surface area contributed by atoms with Crippen molar-refractivity contribution in [1.82, 2.24) is 13.4 Å². The van der Waals surface area contributed by atoms with Crippen LogP contribution in [-0.4, -0.2) is 77.0 Å². The highest BCUT2D eigenvalue weighted by molar-refractivity contribution is 7.91. The Morgan fingerprint density at radius 1 is 0.746 bits per heavy atom. The van der Waals surface area contributed by atoms with Crippen molar-refractivity contribution in [1.29, 1.82) is 0 Å². The molecule has 0 spiro atoms. The Bertz CT molecular complexity index is 2930. The quantitative estimate of drug-likeness (QED) is 0.0606. The molecule has 67 heavy (non-hydrogen) atoms. The van der Waals surface area contributed by atoms with Gasteiger partial charge in [-0.2, -0.15) is 0 Å². The maximum absolute atomic E-state index is 15.4. The van der Waals surface area contributed by atoms with E-state index in [9.17, 15) is 13.2 Å². The number of ether oxygens (including phenoxy) is 3. The molecule has 5 aromatic rings. The minimum absolute atomic E-state index is 0.0576. The highest BCUT2D eigenvalue weighted by Gasteiger charge is 2.51. The average Bonchev–Trinajstić information content (AvgIpc) is 3.70. The van der Waals surface area contributed by atoms with Crippen LogP contribution in [0.2, 0.25) is 16.6 Å². The third-order valence-corrected chi connectivity index (χ3v) is 22.5. The number of esters is 1. The van der Waals surface area contributed by atoms with Gasteiger partial charge in [0.2, 0.25) is 0 Å². The third kappa shape index (κ3) is 9.74. The monoisotopic (exact) mass is 975 g/mol. The number of hydrogen-bond acceptors (Lipinski definition) is 11. The van der Waals surface area contributed by atoms with Crippen molar-refractivity contribution < 1.29 is 45.1 Å². The SMILES string of the molecule is COc1ccc(Cn2c(=O)n(CCS(=O)(=O)c3ccc(C)cc3)c3c4c(c(COC(=O)C(C)(C)C)cc32)C(=O)N(S(=O)(=O)c2ccc(C)cc2)[C@@H]4CO[Si](C(C)C)(C(C)C)C(C)C)cc1OC. The first-order valence-corrected chi connectivity index (χ1v) is 27.8. The fourth-order valence-electron chi connectivity index (χ4n) is 9.56. The summed E-state index contributed by atoms with van der Waals surface area (Å²) in [5, 5.41) is 0. The van der Waals surface area contributed by atoms with Crippen LogP contribution in [0, 0.1) is 19.3 Å². The number of carbonyl (C=O) groups is 2. The van der Waals surface area contributed by atoms with Gasteiger partial charge in [-0.25, -0.2) is 25.9 Å². The van der Waals surface area contributed by atoms with Gasteiger partial charge in [0.05, 0.1) is 71.0 Å². The molecular formula is C50H65N3O11S2Si. The molecule has 1 aliphatic heterocycles. The number of hydrogen-bond donors (Lipinski definition) is 0. The molecule has 1 aliphatic rings. The molecule has 1 amide bonds. The molecule has 2 heterocycles. The van der Waals surface area contributed by atoms with Gasteiger partial charge in [0.1, 0.15) is 6.61 Å². The number of sulfonamides is 1. The number of carbonyl (C=O) groups excluding carboxylic acids is 2. The molecule has 0 saturated heterocycles. The highest BCUT2D eigenvalue weighted by Crippen LogP contribution is 2.48. The number of sulfone groups is 1. The van der Waals surface area contributed by atoms with Gasteiger partial charge in [-0.05, 0) is 99.3 Å². The van der Waals surface area contributed by atoms with E-state index < -0.39 is 69.6 Å². The van der Waals surface area contributed by atoms with Gasteiger partial charge in [-0.15, -0.1) is 0 Å². The summed E-state index contributed by atoms with van der Waals surface area (Å²) in [7, 11) is -8.43. The Hall–Kier alpha value is -5.23. The van der Waals surface area contributed by atoms with Gasteiger partial charge in [-0.3, -0.25) is 18.7 Å². The van der Waals surface area contributed by atoms with E-state index in [-0.39, 0.29) is 73.8 Å². The molecule has 0 fully saturated rings. The molecule has 0 N–H and O–H groups in total. The van der Waals surface area contributed by atoms with Crippen molar-refractivity contribution in [2.75, 3.05) is 26.6 Å². The summed E-state index contributed by atoms with van der Waals surface area (Å²) in [4.78, 5) is 44.0. The van der Waals surface area contributed by atoms with E-state index in [4.69, 9.17) is 18.6 Å². The summed E-state index contributed by atoms with van der Waals surface area (Å²) in [5.41, 5.74) is 1.66. The zero-order valence-electron chi connectivity index (χ0n) is 40.9. The van der Waals surface area contributed by atoms with E-state index >= 15 is 18.0 Å². The molecule has 0 saturated carbocycles. The standard InChI is InChI=1S/C50H65N3O11S2Si/c1-31(2)67(32(3)4,33(5)6)64-30-41-45-44(47(54)53(41)66(59,60)39-21-16-35(8)17-22-39)37(29-63-48(55)50(9,10)11)27-40-46(45)51(24-25-65(57,58)38-19-14-34(7)15-20-38)49(56)52(40)28-36-18-23-42(61-12)43(26-36)62-13/h14-23,26-27,31-33,41H,24-25,28-30H2,1-13H3/t41-/m1/s1. The Morgan fingerprint density at radius 3 is 1.82 bits per heavy atom. The third-order valence-electron chi connectivity index (χ3n) is 13.0. The zero-order chi connectivity index (χ0) is 49.6. The van der Waals surface area contributed by atoms with Gasteiger partial charge in [0, 0.05) is 17.7 Å². The maximum Gasteiger partial charge on any atom is 0.329 e. The first-order valence-electron chi connectivity index (χ1n) is 22.6. The molecular weight excluding hydrogens is 911 g/mol. The van der Waals surface area contributed by atoms with Crippen molar-refractivity contribution in [2.24, 2.45) is 5.41 Å². The Balaban J connectivity index is 1.72. The van der Waals surface area contributed by atoms with Gasteiger partial charge in [0.25, 0.3) is 15.9 Å². The summed E-state index contributed by atoms with van der Waals surface area (Å²) in [6.45, 7) is 20.2. The summed E-state index contributed by atoms with van der Waals surface area (Å²) < 4.78 is 86.2. The molecule has 14 nitrogen and oxygen atoms in total. The predicted molar refractivity (Wildman–Crippen MR) is 262 cm³/mol. The number of amides is 1. The number of aryl methyl sites for hydroxylation is 3. The lowest BCUT2D eigenvalue weighted by molar-refractivity contribution is -0.154. The zero-order valence-corrected chi connectivity index (χ0v) is 43.6. The summed E-state index contributed by atoms with van der Waals surface area (Å²) in [6.07, 6.45) is 0. The van der Waals surface area contributed by atoms with Crippen LogP contribution in [0.5, 0.6) is 11.5 Å². The van der Waals surface area contributed by atoms with Crippen LogP contribution < -0.4 is 15.2 Å². The number of methoxy groups -OCH3 is 2. The second-order valence-corrected chi connectivity index (χ2v) is 28.8. The Morgan fingerprint density at radius 2 is 1.30 bits per heavy atom. The van der Waals surface area contributed by atoms with Gasteiger partial charge >= 0.3 is 11.7 Å². The van der Waals surface area contributed by atoms with Crippen LogP contribution in [0.1, 0.15) is 107 Å². The van der Waals surface area contributed by atoms with Crippen LogP contribution >= 0.6 is 0 Å². The lowest BCUT2D eigenvalue weighted by Crippen LogP contribution is -2.49. The van der Waals surface area contributed by atoms with Gasteiger partial charge < -0.3 is 18.6 Å². The first kappa shape index (κ1) is 51.2. The molecule has 0 radical (unpaired) electrons. The number of rotatable bonds is 18. The number of imidazole rings is 1. The second kappa shape index (κ2) is 19.4. The normalized spacial score (nSPS) is 14.7. The molecule has 0 aliphatic carbocycles. The van der Waals surface area contributed by atoms with Crippen LogP contribution in [0.15, 0.2) is 87.4 Å². The van der Waals surface area contributed by atoms with Crippen molar-refractivity contribution in [2.45, 2.75) is 128 Å². The van der Waals surface area contributed by atoms with E-state index in [1.165, 1.54) is 47.6 Å². The molecule has 362 valence electrons. The topological polar surface area (TPSA) is 170 Å². The highest BCUT2D eigenvalue weighted by atomic mass is 32.2. The second-order valence-electron chi connectivity index (χ2n) is 19.4. The number of benzene rings is 4. The fourth-order valence-corrected chi connectivity index (χ4v) is 17.7. The molecule has 17 heteroatoms. The Labute approximate surface area is 396 Å². The smallest absolute Gasteiger partial charge is 0.329 e. The predicted octanol–water partition coefficient (Wildman–Crippen LogP) is 9.13. The minimum Gasteiger partial charge on any atom is -0.493 e. The maximum atomic E-state index is 15.4. The lowest BCUT2D eigenvalue weighted by Gasteiger charge is -2.43. The minimum atomic E-state index is -4.65. The van der Waals surface area contributed by atoms with Crippen LogP contribution in [-0.2, 0) is 53.5 Å². The van der Waals surface area contributed by atoms with Crippen molar-refractivity contribution in [3.63, 3.8) is 0 Å². The van der Waals surface area contributed by atoms with Gasteiger partial charge in [-0.1, -0.05) is 83.0 Å². The molecule has 4 aromatic carbocycles. The van der Waals surface area contributed by atoms with E-state index in [2.05, 4.69) is 41.5 Å². The lowest BCUT2D eigenvalue weighted by atomic mass is 9.96. The number of fused-ring (bicyclic) bond motifs is 3. The number of nitrogens with zero attached hydrogens (tertiary/aromatic N) is 3. The van der Waals surface area contributed by atoms with Crippen molar-refractivity contribution in [3.05, 3.63) is 117 Å². The van der Waals surface area contributed by atoms with E-state index in [0.717, 1.165) is 15.4 Å². The van der Waals surface area contributed by atoms with E-state index in [1.807, 2.05) is 13.8 Å². The van der Waals surface area contributed by atoms with E-state index in [0.29, 0.717) is 17.1 Å². The van der Waals surface area contributed by atoms with Crippen LogP contribution in [0.25, 0.3) is 11.0 Å². The van der Waals surface area contributed by atoms with Crippen molar-refractivity contribution in [3.8, 4) is 11.5 Å². The summed E-state index contributed by atoms with van der Waals surface area (Å²) >= 11 is 0. The first-order chi connectivity index (χ1) is 31.3. The van der Waals surface area contributed by atoms with Gasteiger partial charge in [0.15, 0.2) is 29.7 Å². The Kier molecular flexibility index (Phi) is 14.8. The van der Waals surface area contributed by atoms with Crippen LogP contribution in [0.3, 0.4) is 0 Å². The summed E-state index contributed by atoms with van der Waals surface area (Å²) in [6, 6.07) is 18.0. The molecule has 6 rings (SSSR count). The number of aromatic nitrogens is 2. The van der Waals surface area contributed by atoms with E-state index in [1.54, 1.807) is 69.3 Å². The fraction of sp³-hybridized carbons (Fsp3) is 0.460. The largest absolute Gasteiger partial charge is 0.493 e. The molecule has 0 unspecified atom stereocenters. The van der Waals surface area contributed by atoms with Crippen molar-refractivity contribution >= 4 is 51.1 Å². The summed E-state index contributed by atoms with van der Waals surface area (Å²) in [5.74, 6) is -1.10. The molecule has 1 aromatic heterocycles. The van der Waals surface area contributed by atoms with Crippen LogP contribution in [0.4, 0.5) is 0 Å².